The summed E-state index contributed by atoms with van der Waals surface area (Å²) in [5.41, 5.74) is 0.979. The maximum absolute atomic E-state index is 13.6. The SMILES string of the molecule is C[C@H](F)Cn1ccc2nc(Nc3cnn([C@H]4C[C@H]5C[C@@H]4CN5C)c3)nc(NC3(C)CC3)c2c1=O. The zero-order chi connectivity index (χ0) is 23.6. The summed E-state index contributed by atoms with van der Waals surface area (Å²) < 4.78 is 17.1. The lowest BCUT2D eigenvalue weighted by Crippen LogP contribution is -2.33. The Bertz CT molecular complexity index is 1290. The average Bonchev–Trinajstić information content (AvgIpc) is 3.12. The lowest BCUT2D eigenvalue weighted by atomic mass is 10.0. The summed E-state index contributed by atoms with van der Waals surface area (Å²) in [6.45, 7) is 4.68. The van der Waals surface area contributed by atoms with Crippen molar-refractivity contribution in [1.29, 1.82) is 0 Å². The van der Waals surface area contributed by atoms with Gasteiger partial charge in [0.1, 0.15) is 17.4 Å². The summed E-state index contributed by atoms with van der Waals surface area (Å²) in [5.74, 6) is 1.54. The Labute approximate surface area is 197 Å². The van der Waals surface area contributed by atoms with Crippen molar-refractivity contribution in [3.8, 4) is 0 Å². The van der Waals surface area contributed by atoms with Gasteiger partial charge in [-0.25, -0.2) is 9.37 Å². The Kier molecular flexibility index (Phi) is 4.91. The van der Waals surface area contributed by atoms with E-state index in [4.69, 9.17) is 0 Å². The molecule has 3 aromatic heterocycles. The molecule has 2 saturated carbocycles. The van der Waals surface area contributed by atoms with Gasteiger partial charge in [-0.1, -0.05) is 0 Å². The highest BCUT2D eigenvalue weighted by molar-refractivity contribution is 5.90. The van der Waals surface area contributed by atoms with Crippen molar-refractivity contribution in [1.82, 2.24) is 29.2 Å². The quantitative estimate of drug-likeness (QED) is 0.552. The molecule has 0 amide bonds. The predicted molar refractivity (Wildman–Crippen MR) is 129 cm³/mol. The largest absolute Gasteiger partial charge is 0.364 e. The molecule has 0 unspecified atom stereocenters. The van der Waals surface area contributed by atoms with Gasteiger partial charge >= 0.3 is 0 Å². The highest BCUT2D eigenvalue weighted by Crippen LogP contribution is 2.44. The minimum atomic E-state index is -1.12. The third-order valence-electron chi connectivity index (χ3n) is 7.67. The van der Waals surface area contributed by atoms with Crippen LogP contribution in [0.15, 0.2) is 29.5 Å². The topological polar surface area (TPSA) is 92.9 Å². The first-order valence-electron chi connectivity index (χ1n) is 12.1. The number of hydrogen-bond donors (Lipinski definition) is 2. The molecule has 3 aromatic rings. The molecule has 180 valence electrons. The van der Waals surface area contributed by atoms with Gasteiger partial charge in [-0.05, 0) is 58.6 Å². The Morgan fingerprint density at radius 2 is 2.12 bits per heavy atom. The van der Waals surface area contributed by atoms with Crippen LogP contribution >= 0.6 is 0 Å². The maximum Gasteiger partial charge on any atom is 0.263 e. The summed E-state index contributed by atoms with van der Waals surface area (Å²) in [7, 11) is 2.20. The summed E-state index contributed by atoms with van der Waals surface area (Å²) in [6.07, 6.45) is 8.69. The molecule has 3 aliphatic rings. The molecule has 0 aromatic carbocycles. The molecular formula is C24H31FN8O. The number of nitrogens with zero attached hydrogens (tertiary/aromatic N) is 6. The Morgan fingerprint density at radius 3 is 2.79 bits per heavy atom. The standard InChI is InChI=1S/C24H31FN8O/c1-14(25)11-32-7-4-18-20(22(32)34)21(30-24(2)5-6-24)29-23(28-18)27-16-10-26-33(13-16)19-9-17-8-15(19)12-31(17)3/h4,7,10,13-15,17,19H,5-6,8-9,11-12H2,1-3H3,(H2,27,28,29,30)/t14-,15+,17+,19-/m0/s1. The number of fused-ring (bicyclic) bond motifs is 3. The minimum Gasteiger partial charge on any atom is -0.364 e. The summed E-state index contributed by atoms with van der Waals surface area (Å²) in [6, 6.07) is 2.83. The van der Waals surface area contributed by atoms with E-state index in [-0.39, 0.29) is 17.6 Å². The highest BCUT2D eigenvalue weighted by atomic mass is 19.1. The van der Waals surface area contributed by atoms with Crippen molar-refractivity contribution in [3.05, 3.63) is 35.0 Å². The van der Waals surface area contributed by atoms with Gasteiger partial charge in [0, 0.05) is 30.5 Å². The van der Waals surface area contributed by atoms with Crippen LogP contribution in [0.3, 0.4) is 0 Å². The van der Waals surface area contributed by atoms with Crippen LogP contribution in [-0.2, 0) is 6.54 Å². The summed E-state index contributed by atoms with van der Waals surface area (Å²) >= 11 is 0. The first-order valence-corrected chi connectivity index (χ1v) is 12.1. The van der Waals surface area contributed by atoms with Crippen molar-refractivity contribution in [2.24, 2.45) is 5.92 Å². The van der Waals surface area contributed by atoms with E-state index >= 15 is 0 Å². The molecule has 6 rings (SSSR count). The molecule has 4 atom stereocenters. The number of pyridine rings is 1. The molecule has 4 heterocycles. The minimum absolute atomic E-state index is 0.00345. The Morgan fingerprint density at radius 1 is 1.29 bits per heavy atom. The van der Waals surface area contributed by atoms with E-state index in [1.54, 1.807) is 18.5 Å². The molecule has 3 fully saturated rings. The van der Waals surface area contributed by atoms with Gasteiger partial charge in [0.2, 0.25) is 5.95 Å². The number of rotatable bonds is 7. The fourth-order valence-electron chi connectivity index (χ4n) is 5.53. The third kappa shape index (κ3) is 3.83. The van der Waals surface area contributed by atoms with E-state index in [1.807, 2.05) is 6.20 Å². The molecule has 1 aliphatic heterocycles. The molecular weight excluding hydrogens is 435 g/mol. The Balaban J connectivity index is 1.31. The van der Waals surface area contributed by atoms with Crippen molar-refractivity contribution >= 4 is 28.4 Å². The predicted octanol–water partition coefficient (Wildman–Crippen LogP) is 3.32. The second kappa shape index (κ2) is 7.76. The normalized spacial score (nSPS) is 26.2. The molecule has 0 radical (unpaired) electrons. The second-order valence-electron chi connectivity index (χ2n) is 10.6. The smallest absolute Gasteiger partial charge is 0.263 e. The number of halogens is 1. The number of alkyl halides is 1. The van der Waals surface area contributed by atoms with E-state index < -0.39 is 6.17 Å². The fraction of sp³-hybridized carbons (Fsp3) is 0.583. The first-order chi connectivity index (χ1) is 16.3. The maximum atomic E-state index is 13.6. The van der Waals surface area contributed by atoms with Crippen LogP contribution in [0.1, 0.15) is 45.6 Å². The lowest BCUT2D eigenvalue weighted by molar-refractivity contribution is 0.202. The van der Waals surface area contributed by atoms with E-state index in [1.165, 1.54) is 17.9 Å². The molecule has 1 saturated heterocycles. The van der Waals surface area contributed by atoms with Crippen LogP contribution in [0, 0.1) is 5.92 Å². The van der Waals surface area contributed by atoms with Gasteiger partial charge in [-0.3, -0.25) is 9.48 Å². The Hall–Kier alpha value is -3.01. The van der Waals surface area contributed by atoms with Gasteiger partial charge in [-0.15, -0.1) is 0 Å². The zero-order valence-corrected chi connectivity index (χ0v) is 19.8. The van der Waals surface area contributed by atoms with Gasteiger partial charge in [0.05, 0.1) is 30.0 Å². The van der Waals surface area contributed by atoms with E-state index in [0.717, 1.165) is 31.5 Å². The van der Waals surface area contributed by atoms with E-state index in [2.05, 4.69) is 49.3 Å². The van der Waals surface area contributed by atoms with Crippen LogP contribution in [0.4, 0.5) is 21.8 Å². The van der Waals surface area contributed by atoms with Crippen LogP contribution < -0.4 is 16.2 Å². The number of anilines is 3. The van der Waals surface area contributed by atoms with Gasteiger partial charge in [0.25, 0.3) is 5.56 Å². The van der Waals surface area contributed by atoms with Crippen LogP contribution in [-0.4, -0.2) is 60.6 Å². The fourth-order valence-corrected chi connectivity index (χ4v) is 5.53. The average molecular weight is 467 g/mol. The van der Waals surface area contributed by atoms with Gasteiger partial charge in [0.15, 0.2) is 0 Å². The van der Waals surface area contributed by atoms with Gasteiger partial charge < -0.3 is 20.1 Å². The molecule has 9 nitrogen and oxygen atoms in total. The van der Waals surface area contributed by atoms with Crippen LogP contribution in [0.25, 0.3) is 10.9 Å². The lowest BCUT2D eigenvalue weighted by Gasteiger charge is -2.28. The molecule has 10 heteroatoms. The molecule has 2 aliphatic carbocycles. The van der Waals surface area contributed by atoms with E-state index in [0.29, 0.717) is 40.7 Å². The molecule has 0 spiro atoms. The number of aromatic nitrogens is 5. The number of hydrogen-bond acceptors (Lipinski definition) is 7. The van der Waals surface area contributed by atoms with Crippen LogP contribution in [0.2, 0.25) is 0 Å². The highest BCUT2D eigenvalue weighted by Gasteiger charge is 2.44. The molecule has 2 N–H and O–H groups in total. The summed E-state index contributed by atoms with van der Waals surface area (Å²) in [4.78, 5) is 24.9. The molecule has 2 bridgehead atoms. The number of piperidine rings is 1. The van der Waals surface area contributed by atoms with Crippen molar-refractivity contribution in [3.63, 3.8) is 0 Å². The summed E-state index contributed by atoms with van der Waals surface area (Å²) in [5, 5.41) is 11.7. The van der Waals surface area contributed by atoms with Crippen molar-refractivity contribution in [2.45, 2.75) is 69.9 Å². The van der Waals surface area contributed by atoms with Crippen LogP contribution in [0.5, 0.6) is 0 Å². The molecule has 34 heavy (non-hydrogen) atoms. The number of nitrogens with one attached hydrogen (secondary N) is 2. The zero-order valence-electron chi connectivity index (χ0n) is 19.8. The number of likely N-dealkylation sites (tertiary alicyclic amines) is 1. The second-order valence-corrected chi connectivity index (χ2v) is 10.6. The van der Waals surface area contributed by atoms with Gasteiger partial charge in [-0.2, -0.15) is 10.1 Å². The van der Waals surface area contributed by atoms with E-state index in [9.17, 15) is 9.18 Å². The monoisotopic (exact) mass is 466 g/mol. The first kappa shape index (κ1) is 21.5. The van der Waals surface area contributed by atoms with Crippen molar-refractivity contribution in [2.75, 3.05) is 24.2 Å². The van der Waals surface area contributed by atoms with Crippen molar-refractivity contribution < 1.29 is 4.39 Å². The third-order valence-corrected chi connectivity index (χ3v) is 7.67.